The van der Waals surface area contributed by atoms with E-state index < -0.39 is 14.6 Å². The van der Waals surface area contributed by atoms with Crippen molar-refractivity contribution in [3.63, 3.8) is 0 Å². The monoisotopic (exact) mass is 327 g/mol. The average molecular weight is 328 g/mol. The van der Waals surface area contributed by atoms with Gasteiger partial charge in [-0.15, -0.1) is 0 Å². The lowest BCUT2D eigenvalue weighted by atomic mass is 10.2. The van der Waals surface area contributed by atoms with Gasteiger partial charge in [0.05, 0.1) is 23.7 Å². The van der Waals surface area contributed by atoms with Crippen LogP contribution in [-0.2, 0) is 14.6 Å². The van der Waals surface area contributed by atoms with Gasteiger partial charge in [-0.2, -0.15) is 0 Å². The van der Waals surface area contributed by atoms with Crippen LogP contribution in [0.3, 0.4) is 0 Å². The number of ether oxygens (including phenoxy) is 1. The van der Waals surface area contributed by atoms with Crippen molar-refractivity contribution in [2.45, 2.75) is 31.6 Å². The molecule has 0 aromatic heterocycles. The average Bonchev–Trinajstić information content (AvgIpc) is 2.25. The summed E-state index contributed by atoms with van der Waals surface area (Å²) in [5.41, 5.74) is 0. The van der Waals surface area contributed by atoms with Crippen LogP contribution in [0.1, 0.15) is 20.8 Å². The number of morpholine rings is 1. The van der Waals surface area contributed by atoms with Crippen LogP contribution in [0, 0.1) is 0 Å². The van der Waals surface area contributed by atoms with E-state index in [0.29, 0.717) is 25.8 Å². The Kier molecular flexibility index (Phi) is 5.43. The molecule has 1 aliphatic rings. The summed E-state index contributed by atoms with van der Waals surface area (Å²) in [7, 11) is -3.03. The summed E-state index contributed by atoms with van der Waals surface area (Å²) in [5, 5.41) is 0.822. The van der Waals surface area contributed by atoms with E-state index in [1.54, 1.807) is 20.8 Å². The maximum Gasteiger partial charge on any atom is 0.156 e. The third-order valence-corrected chi connectivity index (χ3v) is 6.44. The predicted octanol–water partition coefficient (Wildman–Crippen LogP) is 1.30. The van der Waals surface area contributed by atoms with Crippen molar-refractivity contribution in [1.82, 2.24) is 4.90 Å². The normalized spacial score (nSPS) is 23.9. The minimum absolute atomic E-state index is 0.222. The first-order valence-corrected chi connectivity index (χ1v) is 8.65. The fraction of sp³-hybridized carbons (Fsp3) is 1.00. The van der Waals surface area contributed by atoms with Crippen molar-refractivity contribution in [2.75, 3.05) is 37.4 Å². The lowest BCUT2D eigenvalue weighted by Gasteiger charge is -2.35. The van der Waals surface area contributed by atoms with E-state index in [1.165, 1.54) is 0 Å². The highest BCUT2D eigenvalue weighted by molar-refractivity contribution is 9.09. The quantitative estimate of drug-likeness (QED) is 0.730. The van der Waals surface area contributed by atoms with E-state index in [9.17, 15) is 8.42 Å². The van der Waals surface area contributed by atoms with Crippen LogP contribution < -0.4 is 0 Å². The number of nitrogens with zero attached hydrogens (tertiary/aromatic N) is 1. The minimum atomic E-state index is -3.03. The van der Waals surface area contributed by atoms with Gasteiger partial charge in [0.15, 0.2) is 9.84 Å². The summed E-state index contributed by atoms with van der Waals surface area (Å²) >= 11 is 3.44. The van der Waals surface area contributed by atoms with Gasteiger partial charge in [-0.05, 0) is 20.8 Å². The lowest BCUT2D eigenvalue weighted by Crippen LogP contribution is -2.49. The van der Waals surface area contributed by atoms with Gasteiger partial charge in [0, 0.05) is 24.5 Å². The van der Waals surface area contributed by atoms with Crippen molar-refractivity contribution < 1.29 is 13.2 Å². The number of sulfone groups is 1. The van der Waals surface area contributed by atoms with Gasteiger partial charge in [0.1, 0.15) is 0 Å². The van der Waals surface area contributed by atoms with E-state index in [0.717, 1.165) is 11.9 Å². The van der Waals surface area contributed by atoms with Gasteiger partial charge in [0.25, 0.3) is 0 Å². The van der Waals surface area contributed by atoms with Crippen LogP contribution in [0.15, 0.2) is 0 Å². The third kappa shape index (κ3) is 4.19. The topological polar surface area (TPSA) is 46.6 Å². The van der Waals surface area contributed by atoms with E-state index >= 15 is 0 Å². The van der Waals surface area contributed by atoms with Gasteiger partial charge in [-0.1, -0.05) is 15.9 Å². The molecule has 4 nitrogen and oxygen atoms in total. The molecule has 0 amide bonds. The molecule has 1 unspecified atom stereocenters. The van der Waals surface area contributed by atoms with Gasteiger partial charge in [-0.25, -0.2) is 8.42 Å². The highest BCUT2D eigenvalue weighted by atomic mass is 79.9. The Morgan fingerprint density at radius 3 is 2.59 bits per heavy atom. The summed E-state index contributed by atoms with van der Waals surface area (Å²) in [6.07, 6.45) is 0. The van der Waals surface area contributed by atoms with E-state index in [4.69, 9.17) is 4.74 Å². The second-order valence-electron chi connectivity index (χ2n) is 5.35. The number of alkyl halides is 1. The Morgan fingerprint density at radius 1 is 1.41 bits per heavy atom. The van der Waals surface area contributed by atoms with Gasteiger partial charge < -0.3 is 4.74 Å². The van der Waals surface area contributed by atoms with Crippen LogP contribution in [-0.4, -0.2) is 61.5 Å². The molecule has 0 spiro atoms. The molecule has 0 aliphatic carbocycles. The smallest absolute Gasteiger partial charge is 0.156 e. The summed E-state index contributed by atoms with van der Waals surface area (Å²) in [6, 6.07) is 0.291. The minimum Gasteiger partial charge on any atom is -0.378 e. The Bertz CT molecular complexity index is 337. The zero-order valence-corrected chi connectivity index (χ0v) is 13.2. The molecule has 0 saturated carbocycles. The molecule has 0 radical (unpaired) electrons. The molecule has 17 heavy (non-hydrogen) atoms. The highest BCUT2D eigenvalue weighted by Crippen LogP contribution is 2.17. The van der Waals surface area contributed by atoms with Crippen molar-refractivity contribution in [2.24, 2.45) is 0 Å². The Hall–Kier alpha value is 0.350. The molecule has 0 aromatic carbocycles. The first kappa shape index (κ1) is 15.4. The van der Waals surface area contributed by atoms with Crippen molar-refractivity contribution in [3.8, 4) is 0 Å². The van der Waals surface area contributed by atoms with E-state index in [-0.39, 0.29) is 5.75 Å². The van der Waals surface area contributed by atoms with Gasteiger partial charge >= 0.3 is 0 Å². The van der Waals surface area contributed by atoms with Crippen molar-refractivity contribution >= 4 is 25.8 Å². The first-order chi connectivity index (χ1) is 7.78. The zero-order valence-electron chi connectivity index (χ0n) is 10.8. The molecule has 1 heterocycles. The lowest BCUT2D eigenvalue weighted by molar-refractivity contribution is 0.00499. The summed E-state index contributed by atoms with van der Waals surface area (Å²) in [6.45, 7) is 8.05. The SMILES string of the molecule is CC(C)(C)S(=O)(=O)CCN1CCOCC1CBr. The molecule has 0 bridgehead atoms. The first-order valence-electron chi connectivity index (χ1n) is 5.88. The Labute approximate surface area is 113 Å². The summed E-state index contributed by atoms with van der Waals surface area (Å²) in [5.74, 6) is 0.222. The molecule has 1 aliphatic heterocycles. The molecule has 1 rings (SSSR count). The van der Waals surface area contributed by atoms with E-state index in [1.807, 2.05) is 0 Å². The van der Waals surface area contributed by atoms with E-state index in [2.05, 4.69) is 20.8 Å². The van der Waals surface area contributed by atoms with Gasteiger partial charge in [-0.3, -0.25) is 4.90 Å². The number of hydrogen-bond acceptors (Lipinski definition) is 4. The summed E-state index contributed by atoms with van der Waals surface area (Å²) < 4.78 is 28.8. The fourth-order valence-corrected chi connectivity index (χ4v) is 3.35. The van der Waals surface area contributed by atoms with Crippen LogP contribution in [0.2, 0.25) is 0 Å². The van der Waals surface area contributed by atoms with Gasteiger partial charge in [0.2, 0.25) is 0 Å². The Morgan fingerprint density at radius 2 is 2.06 bits per heavy atom. The fourth-order valence-electron chi connectivity index (χ4n) is 1.67. The molecular weight excluding hydrogens is 306 g/mol. The molecule has 1 saturated heterocycles. The van der Waals surface area contributed by atoms with Crippen molar-refractivity contribution in [1.29, 1.82) is 0 Å². The molecule has 0 aromatic rings. The number of hydrogen-bond donors (Lipinski definition) is 0. The van der Waals surface area contributed by atoms with Crippen LogP contribution >= 0.6 is 15.9 Å². The van der Waals surface area contributed by atoms with Crippen LogP contribution in [0.25, 0.3) is 0 Å². The molecule has 6 heteroatoms. The maximum absolute atomic E-state index is 12.0. The summed E-state index contributed by atoms with van der Waals surface area (Å²) in [4.78, 5) is 2.20. The van der Waals surface area contributed by atoms with Crippen LogP contribution in [0.5, 0.6) is 0 Å². The van der Waals surface area contributed by atoms with Crippen LogP contribution in [0.4, 0.5) is 0 Å². The molecule has 0 N–H and O–H groups in total. The zero-order chi connectivity index (χ0) is 13.1. The highest BCUT2D eigenvalue weighted by Gasteiger charge is 2.30. The Balaban J connectivity index is 2.55. The standard InChI is InChI=1S/C11H22BrNO3S/c1-11(2,3)17(14,15)7-5-13-4-6-16-9-10(13)8-12/h10H,4-9H2,1-3H3. The molecular formula is C11H22BrNO3S. The number of halogens is 1. The second-order valence-corrected chi connectivity index (χ2v) is 8.86. The van der Waals surface area contributed by atoms with Crippen molar-refractivity contribution in [3.05, 3.63) is 0 Å². The largest absolute Gasteiger partial charge is 0.378 e. The predicted molar refractivity (Wildman–Crippen MR) is 73.5 cm³/mol. The third-order valence-electron chi connectivity index (χ3n) is 3.11. The maximum atomic E-state index is 12.0. The molecule has 1 fully saturated rings. The molecule has 102 valence electrons. The second kappa shape index (κ2) is 5.99. The molecule has 1 atom stereocenters. The number of rotatable bonds is 4.